The van der Waals surface area contributed by atoms with E-state index < -0.39 is 0 Å². The van der Waals surface area contributed by atoms with E-state index in [4.69, 9.17) is 0 Å². The first kappa shape index (κ1) is 9.21. The highest BCUT2D eigenvalue weighted by Gasteiger charge is 1.97. The standard InChI is InChI=1S/C8H16N2/c1-5-6-10(7-9-4)8(2)3/h5-8H,1-4H3/b6-5-,9-7-. The van der Waals surface area contributed by atoms with Crippen LogP contribution in [0.2, 0.25) is 0 Å². The van der Waals surface area contributed by atoms with Crippen molar-refractivity contribution in [2.75, 3.05) is 7.05 Å². The van der Waals surface area contributed by atoms with Gasteiger partial charge in [0, 0.05) is 19.3 Å². The summed E-state index contributed by atoms with van der Waals surface area (Å²) >= 11 is 0. The number of hydrogen-bond donors (Lipinski definition) is 0. The Balaban J connectivity index is 3.98. The number of allylic oxidation sites excluding steroid dienone is 1. The fraction of sp³-hybridized carbons (Fsp3) is 0.625. The van der Waals surface area contributed by atoms with Crippen LogP contribution in [0.25, 0.3) is 0 Å². The van der Waals surface area contributed by atoms with Crippen LogP contribution in [0.5, 0.6) is 0 Å². The van der Waals surface area contributed by atoms with Crippen molar-refractivity contribution in [1.29, 1.82) is 0 Å². The van der Waals surface area contributed by atoms with Gasteiger partial charge in [0.05, 0.1) is 6.34 Å². The molecule has 0 spiro atoms. The van der Waals surface area contributed by atoms with Gasteiger partial charge in [-0.05, 0) is 20.8 Å². The summed E-state index contributed by atoms with van der Waals surface area (Å²) in [5.41, 5.74) is 0. The fourth-order valence-corrected chi connectivity index (χ4v) is 0.649. The van der Waals surface area contributed by atoms with E-state index in [1.54, 1.807) is 7.05 Å². The van der Waals surface area contributed by atoms with E-state index in [2.05, 4.69) is 23.7 Å². The van der Waals surface area contributed by atoms with Gasteiger partial charge in [0.15, 0.2) is 0 Å². The third-order valence-corrected chi connectivity index (χ3v) is 1.17. The molecule has 0 saturated carbocycles. The Morgan fingerprint density at radius 3 is 2.30 bits per heavy atom. The molecule has 2 heteroatoms. The van der Waals surface area contributed by atoms with Crippen LogP contribution < -0.4 is 0 Å². The lowest BCUT2D eigenvalue weighted by Gasteiger charge is -2.18. The van der Waals surface area contributed by atoms with Gasteiger partial charge in [0.2, 0.25) is 0 Å². The molecule has 0 aromatic heterocycles. The van der Waals surface area contributed by atoms with Crippen LogP contribution in [0.15, 0.2) is 17.3 Å². The zero-order chi connectivity index (χ0) is 7.98. The molecule has 2 nitrogen and oxygen atoms in total. The highest BCUT2D eigenvalue weighted by Crippen LogP contribution is 1.94. The highest BCUT2D eigenvalue weighted by atomic mass is 15.1. The molecule has 0 fully saturated rings. The number of nitrogens with zero attached hydrogens (tertiary/aromatic N) is 2. The first-order valence-corrected chi connectivity index (χ1v) is 3.55. The molecule has 0 heterocycles. The molecule has 0 rings (SSSR count). The minimum atomic E-state index is 0.486. The second kappa shape index (κ2) is 5.03. The predicted octanol–water partition coefficient (Wildman–Crippen LogP) is 1.89. The van der Waals surface area contributed by atoms with Gasteiger partial charge >= 0.3 is 0 Å². The Kier molecular flexibility index (Phi) is 4.63. The van der Waals surface area contributed by atoms with E-state index in [9.17, 15) is 0 Å². The number of aliphatic imine (C=N–C) groups is 1. The SMILES string of the molecule is C/C=C\N(/C=N\C)C(C)C. The van der Waals surface area contributed by atoms with Crippen LogP contribution in [0.4, 0.5) is 0 Å². The van der Waals surface area contributed by atoms with E-state index in [-0.39, 0.29) is 0 Å². The van der Waals surface area contributed by atoms with Crippen LogP contribution in [0.1, 0.15) is 20.8 Å². The molecule has 0 N–H and O–H groups in total. The largest absolute Gasteiger partial charge is 0.337 e. The van der Waals surface area contributed by atoms with Crippen LogP contribution in [0.3, 0.4) is 0 Å². The quantitative estimate of drug-likeness (QED) is 0.432. The predicted molar refractivity (Wildman–Crippen MR) is 46.2 cm³/mol. The summed E-state index contributed by atoms with van der Waals surface area (Å²) in [5, 5.41) is 0. The minimum absolute atomic E-state index is 0.486. The van der Waals surface area contributed by atoms with Crippen molar-refractivity contribution in [3.63, 3.8) is 0 Å². The zero-order valence-electron chi connectivity index (χ0n) is 7.20. The Bertz CT molecular complexity index is 113. The molecule has 0 aromatic carbocycles. The van der Waals surface area contributed by atoms with Crippen molar-refractivity contribution >= 4 is 6.34 Å². The van der Waals surface area contributed by atoms with Crippen LogP contribution in [-0.4, -0.2) is 24.3 Å². The summed E-state index contributed by atoms with van der Waals surface area (Å²) in [6.45, 7) is 6.25. The fourth-order valence-electron chi connectivity index (χ4n) is 0.649. The zero-order valence-corrected chi connectivity index (χ0v) is 7.20. The van der Waals surface area contributed by atoms with Gasteiger partial charge in [-0.25, -0.2) is 0 Å². The number of hydrogen-bond acceptors (Lipinski definition) is 1. The molecule has 0 aliphatic carbocycles. The molecule has 0 amide bonds. The van der Waals surface area contributed by atoms with Gasteiger partial charge in [-0.1, -0.05) is 6.08 Å². The summed E-state index contributed by atoms with van der Waals surface area (Å²) in [5.74, 6) is 0. The number of rotatable bonds is 3. The minimum Gasteiger partial charge on any atom is -0.337 e. The Morgan fingerprint density at radius 1 is 1.40 bits per heavy atom. The molecule has 0 bridgehead atoms. The summed E-state index contributed by atoms with van der Waals surface area (Å²) in [4.78, 5) is 5.98. The van der Waals surface area contributed by atoms with E-state index >= 15 is 0 Å². The average molecular weight is 140 g/mol. The van der Waals surface area contributed by atoms with Gasteiger partial charge in [0.1, 0.15) is 0 Å². The molecule has 10 heavy (non-hydrogen) atoms. The van der Waals surface area contributed by atoms with Crippen LogP contribution in [-0.2, 0) is 0 Å². The van der Waals surface area contributed by atoms with E-state index in [1.807, 2.05) is 25.5 Å². The van der Waals surface area contributed by atoms with Crippen molar-refractivity contribution in [1.82, 2.24) is 4.90 Å². The molecule has 0 unspecified atom stereocenters. The van der Waals surface area contributed by atoms with E-state index in [1.165, 1.54) is 0 Å². The molecule has 0 aliphatic rings. The van der Waals surface area contributed by atoms with Crippen LogP contribution >= 0.6 is 0 Å². The van der Waals surface area contributed by atoms with Gasteiger partial charge in [-0.2, -0.15) is 0 Å². The summed E-state index contributed by atoms with van der Waals surface area (Å²) in [7, 11) is 1.78. The van der Waals surface area contributed by atoms with Crippen molar-refractivity contribution in [2.45, 2.75) is 26.8 Å². The molecule has 0 aromatic rings. The van der Waals surface area contributed by atoms with Crippen molar-refractivity contribution in [2.24, 2.45) is 4.99 Å². The van der Waals surface area contributed by atoms with Gasteiger partial charge < -0.3 is 4.90 Å². The van der Waals surface area contributed by atoms with Gasteiger partial charge in [0.25, 0.3) is 0 Å². The lowest BCUT2D eigenvalue weighted by molar-refractivity contribution is 0.470. The molecule has 0 radical (unpaired) electrons. The maximum absolute atomic E-state index is 3.93. The second-order valence-electron chi connectivity index (χ2n) is 2.40. The molecular formula is C8H16N2. The molecule has 0 aliphatic heterocycles. The topological polar surface area (TPSA) is 15.6 Å². The third-order valence-electron chi connectivity index (χ3n) is 1.17. The lowest BCUT2D eigenvalue weighted by atomic mass is 10.3. The first-order chi connectivity index (χ1) is 4.72. The normalized spacial score (nSPS) is 12.1. The van der Waals surface area contributed by atoms with Gasteiger partial charge in [-0.15, -0.1) is 0 Å². The van der Waals surface area contributed by atoms with E-state index in [0.717, 1.165) is 0 Å². The summed E-state index contributed by atoms with van der Waals surface area (Å²) < 4.78 is 0. The lowest BCUT2D eigenvalue weighted by Crippen LogP contribution is -2.23. The van der Waals surface area contributed by atoms with Gasteiger partial charge in [-0.3, -0.25) is 4.99 Å². The third kappa shape index (κ3) is 3.28. The summed E-state index contributed by atoms with van der Waals surface area (Å²) in [6.07, 6.45) is 5.84. The average Bonchev–Trinajstić information content (AvgIpc) is 1.87. The van der Waals surface area contributed by atoms with Crippen LogP contribution in [0, 0.1) is 0 Å². The molecule has 0 atom stereocenters. The second-order valence-corrected chi connectivity index (χ2v) is 2.40. The van der Waals surface area contributed by atoms with Crippen molar-refractivity contribution < 1.29 is 0 Å². The Hall–Kier alpha value is -0.790. The molecule has 58 valence electrons. The first-order valence-electron chi connectivity index (χ1n) is 3.55. The Morgan fingerprint density at radius 2 is 2.00 bits per heavy atom. The van der Waals surface area contributed by atoms with Crippen molar-refractivity contribution in [3.05, 3.63) is 12.3 Å². The smallest absolute Gasteiger partial charge is 0.0888 e. The van der Waals surface area contributed by atoms with E-state index in [0.29, 0.717) is 6.04 Å². The maximum Gasteiger partial charge on any atom is 0.0888 e. The van der Waals surface area contributed by atoms with Crippen molar-refractivity contribution in [3.8, 4) is 0 Å². The molecular weight excluding hydrogens is 124 g/mol. The molecule has 0 saturated heterocycles. The highest BCUT2D eigenvalue weighted by molar-refractivity contribution is 5.56. The monoisotopic (exact) mass is 140 g/mol. The summed E-state index contributed by atoms with van der Waals surface area (Å²) in [6, 6.07) is 0.486. The maximum atomic E-state index is 3.93. The Labute approximate surface area is 63.3 Å².